The quantitative estimate of drug-likeness (QED) is 0.841. The van der Waals surface area contributed by atoms with E-state index in [1.54, 1.807) is 38.1 Å². The monoisotopic (exact) mass is 305 g/mol. The number of carbonyl (C=O) groups is 1. The molecule has 2 aromatic rings. The van der Waals surface area contributed by atoms with Crippen LogP contribution in [0.3, 0.4) is 0 Å². The summed E-state index contributed by atoms with van der Waals surface area (Å²) in [5, 5.41) is 0. The Balaban J connectivity index is 2.15. The minimum absolute atomic E-state index is 0.301. The van der Waals surface area contributed by atoms with Crippen LogP contribution in [0.25, 0.3) is 0 Å². The number of carbonyl (C=O) groups excluding carboxylic acids is 1. The second kappa shape index (κ2) is 7.02. The van der Waals surface area contributed by atoms with Gasteiger partial charge in [0.2, 0.25) is 0 Å². The number of ether oxygens (including phenoxy) is 1. The molecule has 0 fully saturated rings. The summed E-state index contributed by atoms with van der Waals surface area (Å²) in [7, 11) is 0. The van der Waals surface area contributed by atoms with E-state index < -0.39 is 17.7 Å². The zero-order valence-corrected chi connectivity index (χ0v) is 12.4. The highest BCUT2D eigenvalue weighted by molar-refractivity contribution is 5.96. The lowest BCUT2D eigenvalue weighted by Gasteiger charge is -2.25. The summed E-state index contributed by atoms with van der Waals surface area (Å²) in [5.41, 5.74) is 0.301. The lowest BCUT2D eigenvalue weighted by atomic mass is 10.2. The molecule has 2 rings (SSSR count). The number of amides is 1. The topological polar surface area (TPSA) is 29.5 Å². The van der Waals surface area contributed by atoms with Gasteiger partial charge in [-0.2, -0.15) is 0 Å². The molecule has 0 aliphatic rings. The van der Waals surface area contributed by atoms with Crippen molar-refractivity contribution in [3.05, 3.63) is 60.2 Å². The summed E-state index contributed by atoms with van der Waals surface area (Å²) in [6.07, 6.45) is -0.740. The molecule has 0 aliphatic heterocycles. The molecule has 0 radical (unpaired) electrons. The number of nitrogens with zero attached hydrogens (tertiary/aromatic N) is 1. The lowest BCUT2D eigenvalue weighted by molar-refractivity contribution is -0.124. The Hall–Kier alpha value is -2.43. The second-order valence-corrected chi connectivity index (χ2v) is 4.75. The van der Waals surface area contributed by atoms with E-state index in [4.69, 9.17) is 4.74 Å². The van der Waals surface area contributed by atoms with Crippen LogP contribution < -0.4 is 9.64 Å². The summed E-state index contributed by atoms with van der Waals surface area (Å²) < 4.78 is 31.9. The first kappa shape index (κ1) is 15.9. The summed E-state index contributed by atoms with van der Waals surface area (Å²) >= 11 is 0. The molecule has 1 unspecified atom stereocenters. The maximum atomic E-state index is 13.3. The molecular formula is C17H17F2NO2. The van der Waals surface area contributed by atoms with Gasteiger partial charge in [0.25, 0.3) is 5.91 Å². The maximum absolute atomic E-state index is 13.3. The first-order chi connectivity index (χ1) is 10.5. The molecule has 22 heavy (non-hydrogen) atoms. The van der Waals surface area contributed by atoms with E-state index in [9.17, 15) is 13.6 Å². The van der Waals surface area contributed by atoms with Crippen LogP contribution in [0.2, 0.25) is 0 Å². The van der Waals surface area contributed by atoms with Crippen molar-refractivity contribution < 1.29 is 18.3 Å². The Labute approximate surface area is 128 Å². The highest BCUT2D eigenvalue weighted by Gasteiger charge is 2.23. The van der Waals surface area contributed by atoms with E-state index in [0.717, 1.165) is 12.1 Å². The SMILES string of the molecule is CCN(C(=O)C(C)Oc1ccccc1)c1ccc(F)c(F)c1. The normalized spacial score (nSPS) is 11.8. The fourth-order valence-corrected chi connectivity index (χ4v) is 2.09. The minimum atomic E-state index is -0.986. The number of halogens is 2. The zero-order chi connectivity index (χ0) is 16.1. The van der Waals surface area contributed by atoms with E-state index >= 15 is 0 Å². The van der Waals surface area contributed by atoms with Gasteiger partial charge >= 0.3 is 0 Å². The predicted octanol–water partition coefficient (Wildman–Crippen LogP) is 3.79. The molecule has 0 N–H and O–H groups in total. The van der Waals surface area contributed by atoms with Crippen molar-refractivity contribution in [2.24, 2.45) is 0 Å². The summed E-state index contributed by atoms with van der Waals surface area (Å²) in [6, 6.07) is 12.3. The number of hydrogen-bond acceptors (Lipinski definition) is 2. The van der Waals surface area contributed by atoms with Crippen LogP contribution in [0.1, 0.15) is 13.8 Å². The Kier molecular flexibility index (Phi) is 5.09. The van der Waals surface area contributed by atoms with Gasteiger partial charge in [-0.25, -0.2) is 8.78 Å². The number of rotatable bonds is 5. The van der Waals surface area contributed by atoms with Crippen molar-refractivity contribution in [2.45, 2.75) is 20.0 Å². The highest BCUT2D eigenvalue weighted by Crippen LogP contribution is 2.20. The van der Waals surface area contributed by atoms with Gasteiger partial charge in [0, 0.05) is 18.3 Å². The molecule has 0 aliphatic carbocycles. The van der Waals surface area contributed by atoms with Gasteiger partial charge in [0.05, 0.1) is 0 Å². The number of hydrogen-bond donors (Lipinski definition) is 0. The fourth-order valence-electron chi connectivity index (χ4n) is 2.09. The van der Waals surface area contributed by atoms with Crippen LogP contribution in [0, 0.1) is 11.6 Å². The van der Waals surface area contributed by atoms with E-state index in [1.165, 1.54) is 11.0 Å². The summed E-state index contributed by atoms with van der Waals surface area (Å²) in [5.74, 6) is -1.68. The summed E-state index contributed by atoms with van der Waals surface area (Å²) in [4.78, 5) is 13.8. The van der Waals surface area contributed by atoms with Gasteiger partial charge in [-0.05, 0) is 38.1 Å². The van der Waals surface area contributed by atoms with E-state index in [0.29, 0.717) is 18.0 Å². The number of likely N-dealkylation sites (N-methyl/N-ethyl adjacent to an activating group) is 1. The summed E-state index contributed by atoms with van der Waals surface area (Å²) in [6.45, 7) is 3.71. The van der Waals surface area contributed by atoms with Crippen LogP contribution in [-0.4, -0.2) is 18.6 Å². The van der Waals surface area contributed by atoms with Crippen LogP contribution in [0.15, 0.2) is 48.5 Å². The van der Waals surface area contributed by atoms with Crippen LogP contribution >= 0.6 is 0 Å². The van der Waals surface area contributed by atoms with Gasteiger partial charge in [0.1, 0.15) is 5.75 Å². The van der Waals surface area contributed by atoms with Crippen molar-refractivity contribution in [3.8, 4) is 5.75 Å². The molecule has 2 aromatic carbocycles. The van der Waals surface area contributed by atoms with Crippen molar-refractivity contribution in [2.75, 3.05) is 11.4 Å². The number of para-hydroxylation sites is 1. The molecule has 5 heteroatoms. The fraction of sp³-hybridized carbons (Fsp3) is 0.235. The average molecular weight is 305 g/mol. The minimum Gasteiger partial charge on any atom is -0.481 e. The van der Waals surface area contributed by atoms with Crippen molar-refractivity contribution in [3.63, 3.8) is 0 Å². The van der Waals surface area contributed by atoms with E-state index in [2.05, 4.69) is 0 Å². The van der Waals surface area contributed by atoms with Gasteiger partial charge < -0.3 is 9.64 Å². The third-order valence-corrected chi connectivity index (χ3v) is 3.20. The van der Waals surface area contributed by atoms with Crippen LogP contribution in [0.5, 0.6) is 5.75 Å². The number of benzene rings is 2. The largest absolute Gasteiger partial charge is 0.481 e. The van der Waals surface area contributed by atoms with E-state index in [-0.39, 0.29) is 5.91 Å². The van der Waals surface area contributed by atoms with E-state index in [1.807, 2.05) is 6.07 Å². The van der Waals surface area contributed by atoms with Crippen molar-refractivity contribution in [1.82, 2.24) is 0 Å². The Morgan fingerprint density at radius 3 is 2.41 bits per heavy atom. The van der Waals surface area contributed by atoms with Gasteiger partial charge in [-0.1, -0.05) is 18.2 Å². The molecule has 116 valence electrons. The molecule has 0 aromatic heterocycles. The molecule has 0 heterocycles. The third-order valence-electron chi connectivity index (χ3n) is 3.20. The van der Waals surface area contributed by atoms with Gasteiger partial charge in [-0.3, -0.25) is 4.79 Å². The third kappa shape index (κ3) is 3.61. The molecular weight excluding hydrogens is 288 g/mol. The molecule has 1 amide bonds. The maximum Gasteiger partial charge on any atom is 0.267 e. The zero-order valence-electron chi connectivity index (χ0n) is 12.4. The Morgan fingerprint density at radius 2 is 1.82 bits per heavy atom. The molecule has 0 bridgehead atoms. The molecule has 0 saturated heterocycles. The second-order valence-electron chi connectivity index (χ2n) is 4.75. The molecule has 0 saturated carbocycles. The number of anilines is 1. The Morgan fingerprint density at radius 1 is 1.14 bits per heavy atom. The van der Waals surface area contributed by atoms with Gasteiger partial charge in [0.15, 0.2) is 17.7 Å². The Bertz CT molecular complexity index is 646. The first-order valence-corrected chi connectivity index (χ1v) is 7.01. The molecule has 3 nitrogen and oxygen atoms in total. The highest BCUT2D eigenvalue weighted by atomic mass is 19.2. The van der Waals surface area contributed by atoms with Crippen molar-refractivity contribution in [1.29, 1.82) is 0 Å². The van der Waals surface area contributed by atoms with Crippen LogP contribution in [-0.2, 0) is 4.79 Å². The standard InChI is InChI=1S/C17H17F2NO2/c1-3-20(13-9-10-15(18)16(19)11-13)17(21)12(2)22-14-7-5-4-6-8-14/h4-12H,3H2,1-2H3. The molecule has 0 spiro atoms. The van der Waals surface area contributed by atoms with Crippen molar-refractivity contribution >= 4 is 11.6 Å². The smallest absolute Gasteiger partial charge is 0.267 e. The van der Waals surface area contributed by atoms with Crippen LogP contribution in [0.4, 0.5) is 14.5 Å². The predicted molar refractivity (Wildman–Crippen MR) is 80.9 cm³/mol. The molecule has 1 atom stereocenters. The lowest BCUT2D eigenvalue weighted by Crippen LogP contribution is -2.40. The van der Waals surface area contributed by atoms with Gasteiger partial charge in [-0.15, -0.1) is 0 Å². The first-order valence-electron chi connectivity index (χ1n) is 7.01. The average Bonchev–Trinajstić information content (AvgIpc) is 2.52.